The van der Waals surface area contributed by atoms with E-state index in [-0.39, 0.29) is 13.2 Å². The monoisotopic (exact) mass is 357 g/mol. The van der Waals surface area contributed by atoms with Crippen LogP contribution in [0.1, 0.15) is 19.4 Å². The van der Waals surface area contributed by atoms with Gasteiger partial charge in [0.2, 0.25) is 0 Å². The maximum Gasteiger partial charge on any atom is 0.344 e. The van der Waals surface area contributed by atoms with E-state index in [0.717, 1.165) is 17.7 Å². The summed E-state index contributed by atoms with van der Waals surface area (Å²) in [5, 5.41) is 2.69. The van der Waals surface area contributed by atoms with Crippen molar-refractivity contribution in [1.82, 2.24) is 0 Å². The van der Waals surface area contributed by atoms with Crippen molar-refractivity contribution >= 4 is 17.6 Å². The van der Waals surface area contributed by atoms with Crippen LogP contribution in [0.2, 0.25) is 0 Å². The number of anilines is 1. The van der Waals surface area contributed by atoms with Crippen molar-refractivity contribution < 1.29 is 23.8 Å². The molecule has 0 saturated carbocycles. The summed E-state index contributed by atoms with van der Waals surface area (Å²) in [6.07, 6.45) is 0.877. The predicted octanol–water partition coefficient (Wildman–Crippen LogP) is 3.21. The Hall–Kier alpha value is -3.02. The first kappa shape index (κ1) is 19.3. The van der Waals surface area contributed by atoms with Crippen LogP contribution in [0, 0.1) is 0 Å². The molecule has 0 heterocycles. The summed E-state index contributed by atoms with van der Waals surface area (Å²) in [5.41, 5.74) is 1.79. The fourth-order valence-corrected chi connectivity index (χ4v) is 2.19. The largest absolute Gasteiger partial charge is 0.494 e. The highest BCUT2D eigenvalue weighted by molar-refractivity contribution is 5.92. The summed E-state index contributed by atoms with van der Waals surface area (Å²) in [6, 6.07) is 14.4. The van der Waals surface area contributed by atoms with Gasteiger partial charge in [-0.15, -0.1) is 0 Å². The van der Waals surface area contributed by atoms with Crippen LogP contribution in [0.15, 0.2) is 48.5 Å². The van der Waals surface area contributed by atoms with Crippen LogP contribution in [0.3, 0.4) is 0 Å². The number of ether oxygens (including phenoxy) is 3. The molecule has 0 unspecified atom stereocenters. The van der Waals surface area contributed by atoms with Gasteiger partial charge in [0.1, 0.15) is 11.5 Å². The van der Waals surface area contributed by atoms with Crippen molar-refractivity contribution in [2.75, 3.05) is 25.1 Å². The van der Waals surface area contributed by atoms with E-state index in [1.54, 1.807) is 30.3 Å². The number of nitrogens with one attached hydrogen (secondary N) is 1. The number of hydrogen-bond acceptors (Lipinski definition) is 5. The molecule has 0 aromatic heterocycles. The van der Waals surface area contributed by atoms with Gasteiger partial charge in [-0.05, 0) is 55.3 Å². The summed E-state index contributed by atoms with van der Waals surface area (Å²) >= 11 is 0. The summed E-state index contributed by atoms with van der Waals surface area (Å²) in [7, 11) is 0. The van der Waals surface area contributed by atoms with Crippen LogP contribution < -0.4 is 14.8 Å². The van der Waals surface area contributed by atoms with E-state index in [1.807, 2.05) is 32.0 Å². The standard InChI is InChI=1S/C20H23NO5/c1-3-15-6-5-7-16(12-15)21-19(22)13-26-20(23)14-25-18-10-8-17(9-11-18)24-4-2/h5-12H,3-4,13-14H2,1-2H3,(H,21,22). The number of carbonyl (C=O) groups is 2. The molecule has 26 heavy (non-hydrogen) atoms. The van der Waals surface area contributed by atoms with Crippen molar-refractivity contribution in [3.63, 3.8) is 0 Å². The van der Waals surface area contributed by atoms with Crippen LogP contribution in [-0.4, -0.2) is 31.7 Å². The van der Waals surface area contributed by atoms with E-state index in [0.29, 0.717) is 18.0 Å². The highest BCUT2D eigenvalue weighted by Gasteiger charge is 2.09. The molecule has 0 fully saturated rings. The third-order valence-corrected chi connectivity index (χ3v) is 3.47. The molecular weight excluding hydrogens is 334 g/mol. The third-order valence-electron chi connectivity index (χ3n) is 3.47. The van der Waals surface area contributed by atoms with Crippen molar-refractivity contribution in [2.45, 2.75) is 20.3 Å². The number of carbonyl (C=O) groups excluding carboxylic acids is 2. The van der Waals surface area contributed by atoms with Crippen LogP contribution in [0.5, 0.6) is 11.5 Å². The molecule has 0 atom stereocenters. The molecule has 138 valence electrons. The lowest BCUT2D eigenvalue weighted by Gasteiger charge is -2.09. The van der Waals surface area contributed by atoms with Crippen LogP contribution in [0.4, 0.5) is 5.69 Å². The lowest BCUT2D eigenvalue weighted by Crippen LogP contribution is -2.23. The zero-order valence-electron chi connectivity index (χ0n) is 15.0. The van der Waals surface area contributed by atoms with E-state index in [4.69, 9.17) is 14.2 Å². The van der Waals surface area contributed by atoms with Gasteiger partial charge in [0.05, 0.1) is 6.61 Å². The van der Waals surface area contributed by atoms with E-state index in [2.05, 4.69) is 5.32 Å². The quantitative estimate of drug-likeness (QED) is 0.698. The van der Waals surface area contributed by atoms with Gasteiger partial charge in [0.15, 0.2) is 13.2 Å². The summed E-state index contributed by atoms with van der Waals surface area (Å²) in [5.74, 6) is 0.237. The van der Waals surface area contributed by atoms with Crippen molar-refractivity contribution in [3.05, 3.63) is 54.1 Å². The second kappa shape index (κ2) is 10.1. The molecule has 1 amide bonds. The first-order valence-electron chi connectivity index (χ1n) is 8.50. The Labute approximate surface area is 153 Å². The van der Waals surface area contributed by atoms with Crippen molar-refractivity contribution in [3.8, 4) is 11.5 Å². The van der Waals surface area contributed by atoms with E-state index in [1.165, 1.54) is 0 Å². The molecule has 2 rings (SSSR count). The lowest BCUT2D eigenvalue weighted by molar-refractivity contribution is -0.149. The second-order valence-corrected chi connectivity index (χ2v) is 5.46. The maximum atomic E-state index is 11.8. The lowest BCUT2D eigenvalue weighted by atomic mass is 10.1. The van der Waals surface area contributed by atoms with Crippen molar-refractivity contribution in [2.24, 2.45) is 0 Å². The first-order chi connectivity index (χ1) is 12.6. The molecule has 0 saturated heterocycles. The molecule has 6 heteroatoms. The number of hydrogen-bond donors (Lipinski definition) is 1. The molecule has 0 aliphatic rings. The third kappa shape index (κ3) is 6.47. The maximum absolute atomic E-state index is 11.8. The Kier molecular flexibility index (Phi) is 7.49. The molecule has 2 aromatic rings. The topological polar surface area (TPSA) is 73.9 Å². The predicted molar refractivity (Wildman–Crippen MR) is 98.5 cm³/mol. The molecule has 0 spiro atoms. The normalized spacial score (nSPS) is 10.1. The molecular formula is C20H23NO5. The molecule has 1 N–H and O–H groups in total. The summed E-state index contributed by atoms with van der Waals surface area (Å²) in [4.78, 5) is 23.5. The van der Waals surface area contributed by atoms with E-state index in [9.17, 15) is 9.59 Å². The van der Waals surface area contributed by atoms with Gasteiger partial charge < -0.3 is 19.5 Å². The molecule has 0 aliphatic heterocycles. The zero-order chi connectivity index (χ0) is 18.8. The minimum atomic E-state index is -0.614. The number of aryl methyl sites for hydroxylation is 1. The highest BCUT2D eigenvalue weighted by atomic mass is 16.6. The van der Waals surface area contributed by atoms with Gasteiger partial charge in [-0.25, -0.2) is 4.79 Å². The SMILES string of the molecule is CCOc1ccc(OCC(=O)OCC(=O)Nc2cccc(CC)c2)cc1. The minimum Gasteiger partial charge on any atom is -0.494 e. The average Bonchev–Trinajstić information content (AvgIpc) is 2.66. The Morgan fingerprint density at radius 3 is 2.27 bits per heavy atom. The first-order valence-corrected chi connectivity index (χ1v) is 8.50. The molecule has 6 nitrogen and oxygen atoms in total. The number of esters is 1. The van der Waals surface area contributed by atoms with Gasteiger partial charge in [-0.3, -0.25) is 4.79 Å². The van der Waals surface area contributed by atoms with Gasteiger partial charge in [-0.2, -0.15) is 0 Å². The fraction of sp³-hybridized carbons (Fsp3) is 0.300. The Balaban J connectivity index is 1.71. The molecule has 0 aliphatic carbocycles. The molecule has 0 radical (unpaired) electrons. The van der Waals surface area contributed by atoms with Gasteiger partial charge >= 0.3 is 5.97 Å². The Morgan fingerprint density at radius 1 is 0.923 bits per heavy atom. The van der Waals surface area contributed by atoms with Crippen molar-refractivity contribution in [1.29, 1.82) is 0 Å². The average molecular weight is 357 g/mol. The molecule has 0 bridgehead atoms. The van der Waals surface area contributed by atoms with Crippen LogP contribution >= 0.6 is 0 Å². The summed E-state index contributed by atoms with van der Waals surface area (Å²) < 4.78 is 15.6. The number of benzene rings is 2. The van der Waals surface area contributed by atoms with Gasteiger partial charge in [0.25, 0.3) is 5.91 Å². The zero-order valence-corrected chi connectivity index (χ0v) is 15.0. The Bertz CT molecular complexity index is 727. The smallest absolute Gasteiger partial charge is 0.344 e. The minimum absolute atomic E-state index is 0.271. The van der Waals surface area contributed by atoms with Gasteiger partial charge in [-0.1, -0.05) is 19.1 Å². The Morgan fingerprint density at radius 2 is 1.62 bits per heavy atom. The number of rotatable bonds is 9. The van der Waals surface area contributed by atoms with E-state index < -0.39 is 11.9 Å². The van der Waals surface area contributed by atoms with Crippen LogP contribution in [0.25, 0.3) is 0 Å². The highest BCUT2D eigenvalue weighted by Crippen LogP contribution is 2.17. The molecule has 2 aromatic carbocycles. The summed E-state index contributed by atoms with van der Waals surface area (Å²) in [6.45, 7) is 3.88. The van der Waals surface area contributed by atoms with E-state index >= 15 is 0 Å². The number of amides is 1. The second-order valence-electron chi connectivity index (χ2n) is 5.46. The van der Waals surface area contributed by atoms with Crippen LogP contribution in [-0.2, 0) is 20.7 Å². The fourth-order valence-electron chi connectivity index (χ4n) is 2.19. The van der Waals surface area contributed by atoms with Gasteiger partial charge in [0, 0.05) is 5.69 Å².